The number of hydrogen-bond donors (Lipinski definition) is 2. The SMILES string of the molecule is CC(C)(C)OC(=O)N1CCN(C(=O)CCNCC(=O)OCc2ccccc2)CC1CO. The van der Waals surface area contributed by atoms with Crippen molar-refractivity contribution < 1.29 is 29.0 Å². The smallest absolute Gasteiger partial charge is 0.410 e. The molecule has 9 heteroatoms. The summed E-state index contributed by atoms with van der Waals surface area (Å²) in [4.78, 5) is 39.7. The van der Waals surface area contributed by atoms with Crippen LogP contribution in [0.15, 0.2) is 30.3 Å². The van der Waals surface area contributed by atoms with Crippen LogP contribution in [0.25, 0.3) is 0 Å². The number of nitrogens with zero attached hydrogens (tertiary/aromatic N) is 2. The lowest BCUT2D eigenvalue weighted by molar-refractivity contribution is -0.144. The molecule has 2 rings (SSSR count). The Bertz CT molecular complexity index is 735. The Morgan fingerprint density at radius 1 is 1.16 bits per heavy atom. The number of rotatable bonds is 8. The van der Waals surface area contributed by atoms with Gasteiger partial charge < -0.3 is 24.8 Å². The Morgan fingerprint density at radius 2 is 1.87 bits per heavy atom. The lowest BCUT2D eigenvalue weighted by Gasteiger charge is -2.41. The van der Waals surface area contributed by atoms with E-state index in [1.807, 2.05) is 30.3 Å². The van der Waals surface area contributed by atoms with Gasteiger partial charge in [0, 0.05) is 32.6 Å². The Morgan fingerprint density at radius 3 is 2.52 bits per heavy atom. The first-order chi connectivity index (χ1) is 14.7. The molecule has 1 aliphatic rings. The van der Waals surface area contributed by atoms with E-state index in [9.17, 15) is 19.5 Å². The van der Waals surface area contributed by atoms with Crippen LogP contribution in [-0.2, 0) is 25.7 Å². The first kappa shape index (κ1) is 24.6. The van der Waals surface area contributed by atoms with E-state index >= 15 is 0 Å². The molecule has 0 saturated carbocycles. The molecule has 2 amide bonds. The van der Waals surface area contributed by atoms with Gasteiger partial charge in [-0.3, -0.25) is 14.5 Å². The summed E-state index contributed by atoms with van der Waals surface area (Å²) in [6, 6.07) is 8.89. The van der Waals surface area contributed by atoms with Crippen LogP contribution in [-0.4, -0.2) is 83.8 Å². The fourth-order valence-electron chi connectivity index (χ4n) is 3.13. The number of esters is 1. The summed E-state index contributed by atoms with van der Waals surface area (Å²) < 4.78 is 10.5. The van der Waals surface area contributed by atoms with Crippen molar-refractivity contribution in [3.8, 4) is 0 Å². The number of nitrogens with one attached hydrogen (secondary N) is 1. The molecule has 31 heavy (non-hydrogen) atoms. The molecule has 0 aliphatic carbocycles. The van der Waals surface area contributed by atoms with Gasteiger partial charge in [-0.2, -0.15) is 0 Å². The van der Waals surface area contributed by atoms with Crippen LogP contribution in [0, 0.1) is 0 Å². The lowest BCUT2D eigenvalue weighted by atomic mass is 10.1. The molecule has 0 bridgehead atoms. The number of aliphatic hydroxyl groups excluding tert-OH is 1. The van der Waals surface area contributed by atoms with Gasteiger partial charge in [-0.15, -0.1) is 0 Å². The van der Waals surface area contributed by atoms with E-state index in [4.69, 9.17) is 9.47 Å². The molecule has 1 aliphatic heterocycles. The molecule has 1 unspecified atom stereocenters. The minimum absolute atomic E-state index is 0.0196. The Hall–Kier alpha value is -2.65. The monoisotopic (exact) mass is 435 g/mol. The zero-order valence-electron chi connectivity index (χ0n) is 18.5. The first-order valence-corrected chi connectivity index (χ1v) is 10.5. The van der Waals surface area contributed by atoms with Crippen molar-refractivity contribution in [3.05, 3.63) is 35.9 Å². The highest BCUT2D eigenvalue weighted by Crippen LogP contribution is 2.16. The van der Waals surface area contributed by atoms with Crippen LogP contribution in [0.5, 0.6) is 0 Å². The zero-order valence-corrected chi connectivity index (χ0v) is 18.5. The predicted octanol–water partition coefficient (Wildman–Crippen LogP) is 1.15. The molecule has 2 N–H and O–H groups in total. The Labute approximate surface area is 183 Å². The number of ether oxygens (including phenoxy) is 2. The maximum absolute atomic E-state index is 12.5. The van der Waals surface area contributed by atoms with Gasteiger partial charge in [0.1, 0.15) is 12.2 Å². The van der Waals surface area contributed by atoms with Gasteiger partial charge in [-0.25, -0.2) is 4.79 Å². The highest BCUT2D eigenvalue weighted by atomic mass is 16.6. The molecule has 1 atom stereocenters. The summed E-state index contributed by atoms with van der Waals surface area (Å²) in [6.07, 6.45) is -0.286. The number of amides is 2. The van der Waals surface area contributed by atoms with E-state index in [2.05, 4.69) is 5.32 Å². The topological polar surface area (TPSA) is 108 Å². The van der Waals surface area contributed by atoms with Gasteiger partial charge in [0.25, 0.3) is 0 Å². The second kappa shape index (κ2) is 11.7. The van der Waals surface area contributed by atoms with Crippen LogP contribution in [0.1, 0.15) is 32.8 Å². The normalized spacial score (nSPS) is 16.7. The fraction of sp³-hybridized carbons (Fsp3) is 0.591. The molecule has 172 valence electrons. The fourth-order valence-corrected chi connectivity index (χ4v) is 3.13. The molecule has 0 radical (unpaired) electrons. The molecular weight excluding hydrogens is 402 g/mol. The van der Waals surface area contributed by atoms with Gasteiger partial charge in [-0.1, -0.05) is 30.3 Å². The molecule has 0 spiro atoms. The van der Waals surface area contributed by atoms with E-state index in [0.29, 0.717) is 19.6 Å². The highest BCUT2D eigenvalue weighted by Gasteiger charge is 2.34. The molecule has 0 aromatic heterocycles. The number of piperazine rings is 1. The van der Waals surface area contributed by atoms with E-state index < -0.39 is 17.7 Å². The van der Waals surface area contributed by atoms with E-state index in [0.717, 1.165) is 5.56 Å². The highest BCUT2D eigenvalue weighted by molar-refractivity contribution is 5.77. The molecule has 1 heterocycles. The summed E-state index contributed by atoms with van der Waals surface area (Å²) in [6.45, 7) is 6.56. The van der Waals surface area contributed by atoms with Crippen molar-refractivity contribution >= 4 is 18.0 Å². The number of carbonyl (C=O) groups excluding carboxylic acids is 3. The minimum Gasteiger partial charge on any atom is -0.460 e. The zero-order chi connectivity index (χ0) is 22.9. The number of carbonyl (C=O) groups is 3. The molecule has 1 fully saturated rings. The van der Waals surface area contributed by atoms with Gasteiger partial charge in [0.2, 0.25) is 5.91 Å². The molecule has 9 nitrogen and oxygen atoms in total. The summed E-state index contributed by atoms with van der Waals surface area (Å²) >= 11 is 0. The Balaban J connectivity index is 1.68. The average molecular weight is 436 g/mol. The van der Waals surface area contributed by atoms with E-state index in [-0.39, 0.29) is 44.6 Å². The van der Waals surface area contributed by atoms with Gasteiger partial charge >= 0.3 is 12.1 Å². The third-order valence-electron chi connectivity index (χ3n) is 4.70. The standard InChI is InChI=1S/C22H33N3O6/c1-22(2,3)31-21(29)25-12-11-24(14-18(25)15-26)19(27)9-10-23-13-20(28)30-16-17-7-5-4-6-8-17/h4-8,18,23,26H,9-16H2,1-3H3. The number of hydrogen-bond acceptors (Lipinski definition) is 7. The van der Waals surface area contributed by atoms with Crippen LogP contribution in [0.3, 0.4) is 0 Å². The maximum Gasteiger partial charge on any atom is 0.410 e. The van der Waals surface area contributed by atoms with E-state index in [1.165, 1.54) is 4.90 Å². The quantitative estimate of drug-likeness (QED) is 0.466. The summed E-state index contributed by atoms with van der Waals surface area (Å²) in [5.74, 6) is -0.491. The maximum atomic E-state index is 12.5. The Kier molecular flexibility index (Phi) is 9.26. The van der Waals surface area contributed by atoms with Crippen molar-refractivity contribution in [3.63, 3.8) is 0 Å². The van der Waals surface area contributed by atoms with E-state index in [1.54, 1.807) is 25.7 Å². The van der Waals surface area contributed by atoms with Gasteiger partial charge in [0.15, 0.2) is 0 Å². The third kappa shape index (κ3) is 8.55. The van der Waals surface area contributed by atoms with Crippen molar-refractivity contribution in [2.75, 3.05) is 39.3 Å². The minimum atomic E-state index is -0.627. The molecule has 1 saturated heterocycles. The summed E-state index contributed by atoms with van der Waals surface area (Å²) in [7, 11) is 0. The molecular formula is C22H33N3O6. The van der Waals surface area contributed by atoms with Crippen LogP contribution in [0.2, 0.25) is 0 Å². The predicted molar refractivity (Wildman–Crippen MR) is 114 cm³/mol. The van der Waals surface area contributed by atoms with Crippen molar-refractivity contribution in [1.82, 2.24) is 15.1 Å². The average Bonchev–Trinajstić information content (AvgIpc) is 2.74. The second-order valence-electron chi connectivity index (χ2n) is 8.42. The van der Waals surface area contributed by atoms with Crippen molar-refractivity contribution in [2.45, 2.75) is 45.4 Å². The summed E-state index contributed by atoms with van der Waals surface area (Å²) in [5.41, 5.74) is 0.285. The molecule has 1 aromatic rings. The molecule has 1 aromatic carbocycles. The second-order valence-corrected chi connectivity index (χ2v) is 8.42. The van der Waals surface area contributed by atoms with Gasteiger partial charge in [0.05, 0.1) is 19.2 Å². The van der Waals surface area contributed by atoms with Gasteiger partial charge in [-0.05, 0) is 26.3 Å². The van der Waals surface area contributed by atoms with Crippen LogP contribution in [0.4, 0.5) is 4.79 Å². The lowest BCUT2D eigenvalue weighted by Crippen LogP contribution is -2.58. The van der Waals surface area contributed by atoms with Crippen LogP contribution >= 0.6 is 0 Å². The first-order valence-electron chi connectivity index (χ1n) is 10.5. The third-order valence-corrected chi connectivity index (χ3v) is 4.70. The van der Waals surface area contributed by atoms with Crippen LogP contribution < -0.4 is 5.32 Å². The summed E-state index contributed by atoms with van der Waals surface area (Å²) in [5, 5.41) is 12.6. The number of benzene rings is 1. The van der Waals surface area contributed by atoms with Crippen molar-refractivity contribution in [2.24, 2.45) is 0 Å². The van der Waals surface area contributed by atoms with Crippen molar-refractivity contribution in [1.29, 1.82) is 0 Å². The largest absolute Gasteiger partial charge is 0.460 e. The number of aliphatic hydroxyl groups is 1.